The third-order valence-electron chi connectivity index (χ3n) is 12.1. The smallest absolute Gasteiger partial charge is 0.316 e. The number of amides is 1. The van der Waals surface area contributed by atoms with Gasteiger partial charge in [-0.3, -0.25) is 14.4 Å². The van der Waals surface area contributed by atoms with E-state index in [2.05, 4.69) is 32.7 Å². The molecular weight excluding hydrogens is 552 g/mol. The number of esters is 1. The van der Waals surface area contributed by atoms with E-state index in [1.54, 1.807) is 0 Å². The predicted molar refractivity (Wildman–Crippen MR) is 165 cm³/mol. The van der Waals surface area contributed by atoms with Crippen molar-refractivity contribution >= 4 is 29.4 Å². The van der Waals surface area contributed by atoms with Crippen LogP contribution in [0.2, 0.25) is 0 Å². The van der Waals surface area contributed by atoms with Crippen molar-refractivity contribution < 1.29 is 29.3 Å². The van der Waals surface area contributed by atoms with Crippen LogP contribution in [-0.4, -0.2) is 69.3 Å². The van der Waals surface area contributed by atoms with Gasteiger partial charge in [0.1, 0.15) is 11.9 Å². The minimum Gasteiger partial charge on any atom is -0.461 e. The second-order valence-corrected chi connectivity index (χ2v) is 16.0. The highest BCUT2D eigenvalue weighted by molar-refractivity contribution is 8.00. The first-order valence-corrected chi connectivity index (χ1v) is 17.0. The van der Waals surface area contributed by atoms with Crippen molar-refractivity contribution in [3.05, 3.63) is 12.7 Å². The highest BCUT2D eigenvalue weighted by Gasteiger charge is 2.68. The van der Waals surface area contributed by atoms with Crippen molar-refractivity contribution in [3.8, 4) is 0 Å². The number of nitrogens with one attached hydrogen (secondary N) is 1. The third-order valence-corrected chi connectivity index (χ3v) is 13.5. The standard InChI is InChI=1S/C33H54N2O6S/c1-8-31(6)16-25(32(7)19(4)11-13-33(20(5)29(31)39)14-12-22(36)28(32)33)41-26(38)17-42-24-10-9-21(15-23(24)37)35-30(40)27(34)18(2)3/h8,18-21,23-25,27-29,37,39H,1,9-17,34H2,2-7H3,(H,35,40)/t19-,20+,21+,23+,24+,25-,27-,28+,29+,31-,32+,33+/m1/s1. The number of hydrogen-bond acceptors (Lipinski definition) is 8. The van der Waals surface area contributed by atoms with Crippen LogP contribution in [0.15, 0.2) is 12.7 Å². The largest absolute Gasteiger partial charge is 0.461 e. The second-order valence-electron chi connectivity index (χ2n) is 14.8. The van der Waals surface area contributed by atoms with E-state index in [9.17, 15) is 24.6 Å². The number of hydrogen-bond donors (Lipinski definition) is 4. The van der Waals surface area contributed by atoms with Gasteiger partial charge in [0, 0.05) is 34.5 Å². The van der Waals surface area contributed by atoms with Crippen molar-refractivity contribution in [2.45, 2.75) is 129 Å². The van der Waals surface area contributed by atoms with Gasteiger partial charge < -0.3 is 26.0 Å². The molecule has 8 nitrogen and oxygen atoms in total. The predicted octanol–water partition coefficient (Wildman–Crippen LogP) is 4.01. The fraction of sp³-hybridized carbons (Fsp3) is 0.848. The van der Waals surface area contributed by atoms with Gasteiger partial charge in [-0.05, 0) is 68.1 Å². The van der Waals surface area contributed by atoms with Crippen molar-refractivity contribution in [1.82, 2.24) is 5.32 Å². The number of ether oxygens (including phenoxy) is 1. The maximum Gasteiger partial charge on any atom is 0.316 e. The lowest BCUT2D eigenvalue weighted by atomic mass is 9.44. The molecule has 0 radical (unpaired) electrons. The van der Waals surface area contributed by atoms with Crippen LogP contribution in [0.4, 0.5) is 0 Å². The van der Waals surface area contributed by atoms with Crippen LogP contribution in [0.1, 0.15) is 92.9 Å². The number of Topliss-reactive ketones (excluding diaryl/α,β-unsaturated/α-hetero) is 1. The third kappa shape index (κ3) is 5.84. The zero-order valence-corrected chi connectivity index (χ0v) is 27.3. The van der Waals surface area contributed by atoms with Gasteiger partial charge in [0.15, 0.2) is 0 Å². The van der Waals surface area contributed by atoms with E-state index in [0.717, 1.165) is 19.3 Å². The topological polar surface area (TPSA) is 139 Å². The fourth-order valence-corrected chi connectivity index (χ4v) is 9.97. The molecule has 2 bridgehead atoms. The molecular formula is C33H54N2O6S. The normalized spacial score (nSPS) is 44.5. The molecule has 238 valence electrons. The summed E-state index contributed by atoms with van der Waals surface area (Å²) in [6.45, 7) is 16.3. The van der Waals surface area contributed by atoms with Gasteiger partial charge in [-0.2, -0.15) is 0 Å². The van der Waals surface area contributed by atoms with E-state index in [1.807, 2.05) is 26.8 Å². The molecule has 0 saturated heterocycles. The van der Waals surface area contributed by atoms with Crippen LogP contribution in [0, 0.1) is 39.9 Å². The average Bonchev–Trinajstić information content (AvgIpc) is 3.30. The number of nitrogens with two attached hydrogens (primary N) is 1. The Bertz CT molecular complexity index is 1050. The Balaban J connectivity index is 1.46. The molecule has 1 amide bonds. The lowest BCUT2D eigenvalue weighted by Gasteiger charge is -2.61. The zero-order chi connectivity index (χ0) is 31.2. The van der Waals surface area contributed by atoms with Crippen molar-refractivity contribution in [2.75, 3.05) is 5.75 Å². The Labute approximate surface area is 256 Å². The molecule has 0 aromatic heterocycles. The lowest BCUT2D eigenvalue weighted by Crippen LogP contribution is -2.63. The summed E-state index contributed by atoms with van der Waals surface area (Å²) < 4.78 is 6.35. The maximum absolute atomic E-state index is 13.6. The molecule has 4 fully saturated rings. The molecule has 42 heavy (non-hydrogen) atoms. The van der Waals surface area contributed by atoms with Gasteiger partial charge in [0.05, 0.1) is 24.0 Å². The van der Waals surface area contributed by atoms with E-state index in [0.29, 0.717) is 32.1 Å². The molecule has 0 unspecified atom stereocenters. The van der Waals surface area contributed by atoms with E-state index in [-0.39, 0.29) is 63.8 Å². The van der Waals surface area contributed by atoms with Crippen molar-refractivity contribution in [3.63, 3.8) is 0 Å². The molecule has 0 aromatic rings. The van der Waals surface area contributed by atoms with E-state index >= 15 is 0 Å². The number of rotatable bonds is 8. The van der Waals surface area contributed by atoms with Crippen molar-refractivity contribution in [2.24, 2.45) is 45.7 Å². The Kier molecular flexibility index (Phi) is 9.98. The van der Waals surface area contributed by atoms with Crippen LogP contribution >= 0.6 is 11.8 Å². The molecule has 0 spiro atoms. The summed E-state index contributed by atoms with van der Waals surface area (Å²) in [6.07, 6.45) is 5.21. The summed E-state index contributed by atoms with van der Waals surface area (Å²) in [7, 11) is 0. The first-order chi connectivity index (χ1) is 19.6. The Morgan fingerprint density at radius 2 is 1.88 bits per heavy atom. The van der Waals surface area contributed by atoms with Crippen LogP contribution in [0.5, 0.6) is 0 Å². The van der Waals surface area contributed by atoms with Crippen LogP contribution in [0.3, 0.4) is 0 Å². The van der Waals surface area contributed by atoms with Gasteiger partial charge in [0.25, 0.3) is 0 Å². The summed E-state index contributed by atoms with van der Waals surface area (Å²) in [5.41, 5.74) is 4.45. The number of aliphatic hydroxyl groups excluding tert-OH is 2. The molecule has 4 aliphatic rings. The molecule has 9 heteroatoms. The second kappa shape index (κ2) is 12.5. The quantitative estimate of drug-likeness (QED) is 0.240. The SMILES string of the molecule is C=C[C@]1(C)C[C@@H](OC(=O)CS[C@H]2CC[C@H](NC(=O)[C@H](N)C(C)C)C[C@@H]2O)[C@]2(C)[C@H](C)CC[C@]3(CCC(=O)[C@H]32)[C@@H](C)[C@@H]1O. The highest BCUT2D eigenvalue weighted by atomic mass is 32.2. The monoisotopic (exact) mass is 606 g/mol. The Hall–Kier alpha value is -1.42. The van der Waals surface area contributed by atoms with E-state index < -0.39 is 35.2 Å². The van der Waals surface area contributed by atoms with Gasteiger partial charge in [-0.15, -0.1) is 18.3 Å². The molecule has 4 aliphatic carbocycles. The van der Waals surface area contributed by atoms with Gasteiger partial charge in [0.2, 0.25) is 5.91 Å². The number of ketones is 1. The molecule has 5 N–H and O–H groups in total. The average molecular weight is 607 g/mol. The summed E-state index contributed by atoms with van der Waals surface area (Å²) in [4.78, 5) is 39.4. The highest BCUT2D eigenvalue weighted by Crippen LogP contribution is 2.68. The molecule has 4 saturated carbocycles. The van der Waals surface area contributed by atoms with Gasteiger partial charge >= 0.3 is 5.97 Å². The molecule has 0 aliphatic heterocycles. The number of carbonyl (C=O) groups is 3. The first-order valence-electron chi connectivity index (χ1n) is 16.0. The van der Waals surface area contributed by atoms with Crippen molar-refractivity contribution in [1.29, 1.82) is 0 Å². The Morgan fingerprint density at radius 1 is 1.19 bits per heavy atom. The minimum atomic E-state index is -0.696. The lowest BCUT2D eigenvalue weighted by molar-refractivity contribution is -0.205. The number of thioether (sulfide) groups is 1. The van der Waals surface area contributed by atoms with E-state index in [1.165, 1.54) is 11.8 Å². The fourth-order valence-electron chi connectivity index (χ4n) is 8.91. The zero-order valence-electron chi connectivity index (χ0n) is 26.4. The summed E-state index contributed by atoms with van der Waals surface area (Å²) in [6, 6.07) is -0.721. The summed E-state index contributed by atoms with van der Waals surface area (Å²) in [5.74, 6) is -0.349. The van der Waals surface area contributed by atoms with Gasteiger partial charge in [-0.1, -0.05) is 47.6 Å². The minimum absolute atomic E-state index is 0.0312. The van der Waals surface area contributed by atoms with Crippen LogP contribution in [-0.2, 0) is 19.1 Å². The van der Waals surface area contributed by atoms with E-state index in [4.69, 9.17) is 10.5 Å². The molecule has 0 heterocycles. The number of aliphatic hydroxyl groups is 2. The first kappa shape index (κ1) is 33.5. The van der Waals surface area contributed by atoms with Crippen LogP contribution < -0.4 is 11.1 Å². The van der Waals surface area contributed by atoms with Crippen LogP contribution in [0.25, 0.3) is 0 Å². The molecule has 12 atom stereocenters. The summed E-state index contributed by atoms with van der Waals surface area (Å²) >= 11 is 1.39. The number of carbonyl (C=O) groups excluding carboxylic acids is 3. The molecule has 4 rings (SSSR count). The molecule has 0 aromatic carbocycles. The van der Waals surface area contributed by atoms with Gasteiger partial charge in [-0.25, -0.2) is 0 Å². The summed E-state index contributed by atoms with van der Waals surface area (Å²) in [5, 5.41) is 25.4. The maximum atomic E-state index is 13.6. The Morgan fingerprint density at radius 3 is 2.50 bits per heavy atom.